The van der Waals surface area contributed by atoms with Crippen LogP contribution >= 0.6 is 0 Å². The van der Waals surface area contributed by atoms with Gasteiger partial charge in [0.05, 0.1) is 7.11 Å². The number of nitrogens with zero attached hydrogens (tertiary/aromatic N) is 1. The molecule has 0 aliphatic rings. The van der Waals surface area contributed by atoms with Gasteiger partial charge in [-0.1, -0.05) is 0 Å². The van der Waals surface area contributed by atoms with Crippen LogP contribution in [0.15, 0.2) is 35.3 Å². The molecule has 0 bridgehead atoms. The van der Waals surface area contributed by atoms with Crippen molar-refractivity contribution < 1.29 is 9.84 Å². The number of rotatable bonds is 4. The highest BCUT2D eigenvalue weighted by Crippen LogP contribution is 2.17. The third-order valence-corrected chi connectivity index (χ3v) is 2.74. The highest BCUT2D eigenvalue weighted by molar-refractivity contribution is 5.82. The molecule has 0 saturated carbocycles. The Balaban J connectivity index is 2.49. The number of benzene rings is 1. The molecule has 0 atom stereocenters. The van der Waals surface area contributed by atoms with E-state index < -0.39 is 0 Å². The quantitative estimate of drug-likeness (QED) is 0.868. The van der Waals surface area contributed by atoms with E-state index in [1.54, 1.807) is 30.0 Å². The number of aryl methyl sites for hydroxylation is 1. The van der Waals surface area contributed by atoms with Crippen LogP contribution in [0, 0.1) is 0 Å². The summed E-state index contributed by atoms with van der Waals surface area (Å²) in [4.78, 5) is 12.1. The SMILES string of the molecule is COc1ccc2c(=O)n(CCCO)ccc2c1. The molecule has 0 fully saturated rings. The summed E-state index contributed by atoms with van der Waals surface area (Å²) in [6.07, 6.45) is 2.33. The molecule has 1 aromatic heterocycles. The van der Waals surface area contributed by atoms with Crippen molar-refractivity contribution in [1.82, 2.24) is 4.57 Å². The summed E-state index contributed by atoms with van der Waals surface area (Å²) in [5.74, 6) is 0.741. The summed E-state index contributed by atoms with van der Waals surface area (Å²) in [5, 5.41) is 10.3. The first-order chi connectivity index (χ1) is 8.26. The van der Waals surface area contributed by atoms with E-state index in [9.17, 15) is 4.79 Å². The lowest BCUT2D eigenvalue weighted by Gasteiger charge is -2.07. The minimum absolute atomic E-state index is 0.0291. The normalized spacial score (nSPS) is 10.7. The second kappa shape index (κ2) is 5.01. The van der Waals surface area contributed by atoms with E-state index in [1.807, 2.05) is 12.1 Å². The number of methoxy groups -OCH3 is 1. The van der Waals surface area contributed by atoms with Crippen LogP contribution in [0.2, 0.25) is 0 Å². The zero-order valence-corrected chi connectivity index (χ0v) is 9.72. The van der Waals surface area contributed by atoms with Crippen molar-refractivity contribution in [3.05, 3.63) is 40.8 Å². The molecule has 4 nitrogen and oxygen atoms in total. The molecule has 90 valence electrons. The zero-order valence-electron chi connectivity index (χ0n) is 9.72. The van der Waals surface area contributed by atoms with Crippen LogP contribution in [0.3, 0.4) is 0 Å². The summed E-state index contributed by atoms with van der Waals surface area (Å²) in [6, 6.07) is 7.27. The number of aliphatic hydroxyl groups excluding tert-OH is 1. The van der Waals surface area contributed by atoms with Gasteiger partial charge in [-0.3, -0.25) is 4.79 Å². The maximum atomic E-state index is 12.1. The van der Waals surface area contributed by atoms with Gasteiger partial charge < -0.3 is 14.4 Å². The van der Waals surface area contributed by atoms with Gasteiger partial charge in [0.2, 0.25) is 0 Å². The Labute approximate surface area is 99.1 Å². The van der Waals surface area contributed by atoms with Gasteiger partial charge in [0.1, 0.15) is 5.75 Å². The number of fused-ring (bicyclic) bond motifs is 1. The van der Waals surface area contributed by atoms with Crippen molar-refractivity contribution in [3.8, 4) is 5.75 Å². The first-order valence-corrected chi connectivity index (χ1v) is 5.54. The van der Waals surface area contributed by atoms with Gasteiger partial charge in [0.25, 0.3) is 5.56 Å². The topological polar surface area (TPSA) is 51.5 Å². The van der Waals surface area contributed by atoms with Crippen LogP contribution in [-0.4, -0.2) is 23.4 Å². The molecule has 0 unspecified atom stereocenters. The van der Waals surface area contributed by atoms with Crippen molar-refractivity contribution in [1.29, 1.82) is 0 Å². The average Bonchev–Trinajstić information content (AvgIpc) is 2.37. The molecule has 1 N–H and O–H groups in total. The monoisotopic (exact) mass is 233 g/mol. The third-order valence-electron chi connectivity index (χ3n) is 2.74. The Morgan fingerprint density at radius 2 is 2.18 bits per heavy atom. The molecule has 0 spiro atoms. The van der Waals surface area contributed by atoms with E-state index in [0.29, 0.717) is 18.4 Å². The summed E-state index contributed by atoms with van der Waals surface area (Å²) in [6.45, 7) is 0.629. The van der Waals surface area contributed by atoms with Crippen LogP contribution in [0.25, 0.3) is 10.8 Å². The van der Waals surface area contributed by atoms with Crippen LogP contribution in [0.5, 0.6) is 5.75 Å². The lowest BCUT2D eigenvalue weighted by Crippen LogP contribution is -2.19. The first kappa shape index (κ1) is 11.7. The molecular weight excluding hydrogens is 218 g/mol. The first-order valence-electron chi connectivity index (χ1n) is 5.54. The van der Waals surface area contributed by atoms with Crippen LogP contribution < -0.4 is 10.3 Å². The Kier molecular flexibility index (Phi) is 3.44. The minimum atomic E-state index is -0.0291. The zero-order chi connectivity index (χ0) is 12.3. The average molecular weight is 233 g/mol. The van der Waals surface area contributed by atoms with Crippen molar-refractivity contribution in [3.63, 3.8) is 0 Å². The molecule has 1 heterocycles. The van der Waals surface area contributed by atoms with Crippen molar-refractivity contribution >= 4 is 10.8 Å². The van der Waals surface area contributed by atoms with E-state index in [1.165, 1.54) is 0 Å². The standard InChI is InChI=1S/C13H15NO3/c1-17-11-3-4-12-10(9-11)5-7-14(13(12)16)6-2-8-15/h3-5,7,9,15H,2,6,8H2,1H3. The summed E-state index contributed by atoms with van der Waals surface area (Å²) >= 11 is 0. The number of hydrogen-bond donors (Lipinski definition) is 1. The predicted molar refractivity (Wildman–Crippen MR) is 66.5 cm³/mol. The largest absolute Gasteiger partial charge is 0.497 e. The fraction of sp³-hybridized carbons (Fsp3) is 0.308. The highest BCUT2D eigenvalue weighted by atomic mass is 16.5. The van der Waals surface area contributed by atoms with Gasteiger partial charge in [-0.15, -0.1) is 0 Å². The summed E-state index contributed by atoms with van der Waals surface area (Å²) in [7, 11) is 1.60. The lowest BCUT2D eigenvalue weighted by atomic mass is 10.1. The number of aromatic nitrogens is 1. The molecule has 0 aliphatic heterocycles. The van der Waals surface area contributed by atoms with E-state index in [0.717, 1.165) is 11.1 Å². The van der Waals surface area contributed by atoms with Gasteiger partial charge in [-0.25, -0.2) is 0 Å². The maximum Gasteiger partial charge on any atom is 0.258 e. The van der Waals surface area contributed by atoms with Gasteiger partial charge in [0, 0.05) is 24.7 Å². The fourth-order valence-electron chi connectivity index (χ4n) is 1.81. The second-order valence-corrected chi connectivity index (χ2v) is 3.84. The van der Waals surface area contributed by atoms with E-state index in [4.69, 9.17) is 9.84 Å². The summed E-state index contributed by atoms with van der Waals surface area (Å²) < 4.78 is 6.73. The van der Waals surface area contributed by atoms with Crippen molar-refractivity contribution in [2.75, 3.05) is 13.7 Å². The predicted octanol–water partition coefficient (Wildman–Crippen LogP) is 1.39. The Bertz CT molecular complexity index is 574. The number of hydrogen-bond acceptors (Lipinski definition) is 3. The molecule has 0 aliphatic carbocycles. The second-order valence-electron chi connectivity index (χ2n) is 3.84. The van der Waals surface area contributed by atoms with Crippen LogP contribution in [0.4, 0.5) is 0 Å². The smallest absolute Gasteiger partial charge is 0.258 e. The number of ether oxygens (including phenoxy) is 1. The molecule has 0 amide bonds. The third kappa shape index (κ3) is 2.31. The van der Waals surface area contributed by atoms with Crippen molar-refractivity contribution in [2.45, 2.75) is 13.0 Å². The fourth-order valence-corrected chi connectivity index (χ4v) is 1.81. The van der Waals surface area contributed by atoms with Gasteiger partial charge >= 0.3 is 0 Å². The number of aliphatic hydroxyl groups is 1. The van der Waals surface area contributed by atoms with Crippen LogP contribution in [-0.2, 0) is 6.54 Å². The lowest BCUT2D eigenvalue weighted by molar-refractivity contribution is 0.279. The molecular formula is C13H15NO3. The Morgan fingerprint density at radius 3 is 2.88 bits per heavy atom. The molecule has 1 aromatic carbocycles. The van der Waals surface area contributed by atoms with Gasteiger partial charge in [-0.2, -0.15) is 0 Å². The van der Waals surface area contributed by atoms with E-state index >= 15 is 0 Å². The highest BCUT2D eigenvalue weighted by Gasteiger charge is 2.03. The minimum Gasteiger partial charge on any atom is -0.497 e. The Morgan fingerprint density at radius 1 is 1.35 bits per heavy atom. The summed E-state index contributed by atoms with van der Waals surface area (Å²) in [5.41, 5.74) is -0.0291. The van der Waals surface area contributed by atoms with E-state index in [2.05, 4.69) is 0 Å². The molecule has 0 saturated heterocycles. The van der Waals surface area contributed by atoms with E-state index in [-0.39, 0.29) is 12.2 Å². The Hall–Kier alpha value is -1.81. The van der Waals surface area contributed by atoms with Crippen molar-refractivity contribution in [2.24, 2.45) is 0 Å². The molecule has 2 aromatic rings. The van der Waals surface area contributed by atoms with Gasteiger partial charge in [0.15, 0.2) is 0 Å². The number of pyridine rings is 1. The maximum absolute atomic E-state index is 12.1. The molecule has 17 heavy (non-hydrogen) atoms. The van der Waals surface area contributed by atoms with Crippen LogP contribution in [0.1, 0.15) is 6.42 Å². The molecule has 4 heteroatoms. The van der Waals surface area contributed by atoms with Gasteiger partial charge in [-0.05, 0) is 36.1 Å². The molecule has 0 radical (unpaired) electrons. The molecule has 2 rings (SSSR count).